The average Bonchev–Trinajstić information content (AvgIpc) is 2.88. The van der Waals surface area contributed by atoms with E-state index in [9.17, 15) is 13.2 Å². The third-order valence-electron chi connectivity index (χ3n) is 3.60. The normalized spacial score (nSPS) is 23.6. The Hall–Kier alpha value is -0.920. The summed E-state index contributed by atoms with van der Waals surface area (Å²) in [5.41, 5.74) is 0. The van der Waals surface area contributed by atoms with Crippen LogP contribution in [0.3, 0.4) is 0 Å². The Bertz CT molecular complexity index is 579. The first-order valence-electron chi connectivity index (χ1n) is 6.76. The van der Waals surface area contributed by atoms with Gasteiger partial charge in [-0.15, -0.1) is 11.3 Å². The van der Waals surface area contributed by atoms with Crippen LogP contribution >= 0.6 is 11.3 Å². The smallest absolute Gasteiger partial charge is 0.306 e. The van der Waals surface area contributed by atoms with E-state index in [1.807, 2.05) is 13.0 Å². The Morgan fingerprint density at radius 3 is 2.80 bits per heavy atom. The molecule has 1 aliphatic rings. The standard InChI is InChI=1S/C13H19NO4S2/c1-2-11-6-7-12(19-11)20(17,18)14-10-5-3-4-9(8-10)13(15)16/h6-7,9-10,14H,2-5,8H2,1H3,(H,15,16). The number of thiophene rings is 1. The van der Waals surface area contributed by atoms with E-state index in [1.165, 1.54) is 11.3 Å². The Labute approximate surface area is 123 Å². The van der Waals surface area contributed by atoms with Gasteiger partial charge in [0.15, 0.2) is 0 Å². The van der Waals surface area contributed by atoms with Gasteiger partial charge in [-0.1, -0.05) is 13.3 Å². The summed E-state index contributed by atoms with van der Waals surface area (Å²) in [4.78, 5) is 12.0. The monoisotopic (exact) mass is 317 g/mol. The van der Waals surface area contributed by atoms with Gasteiger partial charge in [-0.2, -0.15) is 0 Å². The number of sulfonamides is 1. The highest BCUT2D eigenvalue weighted by Crippen LogP contribution is 2.27. The molecular formula is C13H19NO4S2. The van der Waals surface area contributed by atoms with Crippen LogP contribution in [0.15, 0.2) is 16.3 Å². The molecule has 2 atom stereocenters. The lowest BCUT2D eigenvalue weighted by Gasteiger charge is -2.26. The molecule has 2 rings (SSSR count). The molecule has 0 aromatic carbocycles. The summed E-state index contributed by atoms with van der Waals surface area (Å²) in [7, 11) is -3.52. The van der Waals surface area contributed by atoms with Crippen molar-refractivity contribution in [2.45, 2.75) is 49.3 Å². The highest BCUT2D eigenvalue weighted by atomic mass is 32.2. The number of aryl methyl sites for hydroxylation is 1. The molecule has 0 saturated heterocycles. The molecule has 1 heterocycles. The highest BCUT2D eigenvalue weighted by molar-refractivity contribution is 7.91. The average molecular weight is 317 g/mol. The summed E-state index contributed by atoms with van der Waals surface area (Å²) >= 11 is 1.27. The van der Waals surface area contributed by atoms with E-state index in [0.29, 0.717) is 23.5 Å². The number of aliphatic carboxylic acids is 1. The molecule has 1 aliphatic carbocycles. The van der Waals surface area contributed by atoms with Gasteiger partial charge in [-0.05, 0) is 37.8 Å². The molecule has 20 heavy (non-hydrogen) atoms. The number of carboxylic acid groups (broad SMARTS) is 1. The van der Waals surface area contributed by atoms with Crippen LogP contribution in [-0.4, -0.2) is 25.5 Å². The molecule has 7 heteroatoms. The Kier molecular flexibility index (Phi) is 4.82. The minimum atomic E-state index is -3.52. The number of carbonyl (C=O) groups is 1. The first kappa shape index (κ1) is 15.5. The molecule has 2 N–H and O–H groups in total. The summed E-state index contributed by atoms with van der Waals surface area (Å²) in [6.07, 6.45) is 3.27. The fourth-order valence-electron chi connectivity index (χ4n) is 2.49. The molecule has 1 fully saturated rings. The SMILES string of the molecule is CCc1ccc(S(=O)(=O)NC2CCCC(C(=O)O)C2)s1. The summed E-state index contributed by atoms with van der Waals surface area (Å²) in [5.74, 6) is -1.27. The lowest BCUT2D eigenvalue weighted by atomic mass is 9.86. The summed E-state index contributed by atoms with van der Waals surface area (Å²) in [6, 6.07) is 3.16. The van der Waals surface area contributed by atoms with Gasteiger partial charge in [-0.3, -0.25) is 4.79 Å². The van der Waals surface area contributed by atoms with E-state index in [1.54, 1.807) is 6.07 Å². The van der Waals surface area contributed by atoms with Gasteiger partial charge < -0.3 is 5.11 Å². The molecule has 0 radical (unpaired) electrons. The van der Waals surface area contributed by atoms with Crippen molar-refractivity contribution in [2.24, 2.45) is 5.92 Å². The van der Waals surface area contributed by atoms with Gasteiger partial charge in [-0.25, -0.2) is 13.1 Å². The van der Waals surface area contributed by atoms with Crippen LogP contribution < -0.4 is 4.72 Å². The number of carboxylic acids is 1. The van der Waals surface area contributed by atoms with Gasteiger partial charge in [0.05, 0.1) is 5.92 Å². The second-order valence-electron chi connectivity index (χ2n) is 5.09. The Morgan fingerprint density at radius 2 is 2.20 bits per heavy atom. The molecule has 0 amide bonds. The van der Waals surface area contributed by atoms with Crippen molar-refractivity contribution in [1.29, 1.82) is 0 Å². The van der Waals surface area contributed by atoms with Gasteiger partial charge in [0.25, 0.3) is 0 Å². The molecule has 0 spiro atoms. The molecule has 1 saturated carbocycles. The van der Waals surface area contributed by atoms with Crippen LogP contribution in [0.5, 0.6) is 0 Å². The number of nitrogens with one attached hydrogen (secondary N) is 1. The lowest BCUT2D eigenvalue weighted by Crippen LogP contribution is -2.39. The van der Waals surface area contributed by atoms with Crippen LogP contribution in [0.25, 0.3) is 0 Å². The second-order valence-corrected chi connectivity index (χ2v) is 8.20. The van der Waals surface area contributed by atoms with Crippen molar-refractivity contribution < 1.29 is 18.3 Å². The maximum atomic E-state index is 12.3. The Balaban J connectivity index is 2.06. The minimum absolute atomic E-state index is 0.276. The maximum Gasteiger partial charge on any atom is 0.306 e. The van der Waals surface area contributed by atoms with E-state index in [2.05, 4.69) is 4.72 Å². The predicted molar refractivity (Wildman–Crippen MR) is 77.4 cm³/mol. The molecule has 1 aromatic heterocycles. The zero-order chi connectivity index (χ0) is 14.8. The van der Waals surface area contributed by atoms with Gasteiger partial charge >= 0.3 is 5.97 Å². The quantitative estimate of drug-likeness (QED) is 0.872. The molecule has 5 nitrogen and oxygen atoms in total. The van der Waals surface area contributed by atoms with E-state index >= 15 is 0 Å². The molecule has 0 bridgehead atoms. The van der Waals surface area contributed by atoms with E-state index in [4.69, 9.17) is 5.11 Å². The number of hydrogen-bond donors (Lipinski definition) is 2. The van der Waals surface area contributed by atoms with Crippen molar-refractivity contribution >= 4 is 27.3 Å². The molecular weight excluding hydrogens is 298 g/mol. The van der Waals surface area contributed by atoms with Gasteiger partial charge in [0.1, 0.15) is 4.21 Å². The van der Waals surface area contributed by atoms with E-state index in [-0.39, 0.29) is 6.04 Å². The lowest BCUT2D eigenvalue weighted by molar-refractivity contribution is -0.143. The topological polar surface area (TPSA) is 83.5 Å². The van der Waals surface area contributed by atoms with E-state index < -0.39 is 21.9 Å². The van der Waals surface area contributed by atoms with Gasteiger partial charge in [0.2, 0.25) is 10.0 Å². The van der Waals surface area contributed by atoms with Crippen LogP contribution in [0.4, 0.5) is 0 Å². The molecule has 1 aromatic rings. The summed E-state index contributed by atoms with van der Waals surface area (Å²) in [5, 5.41) is 9.03. The molecule has 0 aliphatic heterocycles. The fraction of sp³-hybridized carbons (Fsp3) is 0.615. The van der Waals surface area contributed by atoms with Crippen LogP contribution in [0, 0.1) is 5.92 Å². The second kappa shape index (κ2) is 6.24. The van der Waals surface area contributed by atoms with Crippen molar-refractivity contribution in [3.05, 3.63) is 17.0 Å². The largest absolute Gasteiger partial charge is 0.481 e. The summed E-state index contributed by atoms with van der Waals surface area (Å²) < 4.78 is 27.5. The molecule has 112 valence electrons. The highest BCUT2D eigenvalue weighted by Gasteiger charge is 2.30. The zero-order valence-electron chi connectivity index (χ0n) is 11.3. The fourth-order valence-corrected chi connectivity index (χ4v) is 5.09. The maximum absolute atomic E-state index is 12.3. The first-order valence-corrected chi connectivity index (χ1v) is 9.06. The minimum Gasteiger partial charge on any atom is -0.481 e. The van der Waals surface area contributed by atoms with Crippen molar-refractivity contribution in [3.8, 4) is 0 Å². The first-order chi connectivity index (χ1) is 9.42. The predicted octanol–water partition coefficient (Wildman–Crippen LogP) is 2.23. The van der Waals surface area contributed by atoms with Gasteiger partial charge in [0, 0.05) is 10.9 Å². The van der Waals surface area contributed by atoms with Crippen molar-refractivity contribution in [3.63, 3.8) is 0 Å². The molecule has 2 unspecified atom stereocenters. The van der Waals surface area contributed by atoms with Crippen LogP contribution in [-0.2, 0) is 21.2 Å². The zero-order valence-corrected chi connectivity index (χ0v) is 13.0. The van der Waals surface area contributed by atoms with Crippen LogP contribution in [0.1, 0.15) is 37.5 Å². The number of rotatable bonds is 5. The van der Waals surface area contributed by atoms with Crippen molar-refractivity contribution in [2.75, 3.05) is 0 Å². The van der Waals surface area contributed by atoms with Crippen molar-refractivity contribution in [1.82, 2.24) is 4.72 Å². The summed E-state index contributed by atoms with van der Waals surface area (Å²) in [6.45, 7) is 1.98. The van der Waals surface area contributed by atoms with Crippen LogP contribution in [0.2, 0.25) is 0 Å². The third kappa shape index (κ3) is 3.59. The van der Waals surface area contributed by atoms with E-state index in [0.717, 1.165) is 17.7 Å². The number of hydrogen-bond acceptors (Lipinski definition) is 4. The Morgan fingerprint density at radius 1 is 1.45 bits per heavy atom. The third-order valence-corrected chi connectivity index (χ3v) is 6.84.